The molecule has 1 fully saturated rings. The molecule has 7 heteroatoms. The molecule has 6 nitrogen and oxygen atoms in total. The van der Waals surface area contributed by atoms with Gasteiger partial charge >= 0.3 is 0 Å². The highest BCUT2D eigenvalue weighted by molar-refractivity contribution is 7.11. The van der Waals surface area contributed by atoms with Crippen molar-refractivity contribution >= 4 is 28.9 Å². The third kappa shape index (κ3) is 5.55. The SMILES string of the molecule is CCNC(=NCc1cccc(NC(=O)C2CCC2)c1)NCc1nc(C)c(C)s1. The van der Waals surface area contributed by atoms with Crippen LogP contribution in [0.4, 0.5) is 5.69 Å². The third-order valence-corrected chi connectivity index (χ3v) is 5.99. The Morgan fingerprint density at radius 2 is 2.11 bits per heavy atom. The lowest BCUT2D eigenvalue weighted by Gasteiger charge is -2.24. The molecule has 150 valence electrons. The molecule has 0 unspecified atom stereocenters. The molecule has 3 rings (SSSR count). The predicted molar refractivity (Wildman–Crippen MR) is 116 cm³/mol. The quantitative estimate of drug-likeness (QED) is 0.489. The number of nitrogens with zero attached hydrogens (tertiary/aromatic N) is 2. The van der Waals surface area contributed by atoms with Gasteiger partial charge in [-0.2, -0.15) is 0 Å². The van der Waals surface area contributed by atoms with Crippen molar-refractivity contribution in [3.63, 3.8) is 0 Å². The van der Waals surface area contributed by atoms with Crippen molar-refractivity contribution in [3.8, 4) is 0 Å². The lowest BCUT2D eigenvalue weighted by molar-refractivity contribution is -0.122. The number of amides is 1. The topological polar surface area (TPSA) is 78.4 Å². The first-order valence-electron chi connectivity index (χ1n) is 9.90. The Morgan fingerprint density at radius 3 is 2.75 bits per heavy atom. The van der Waals surface area contributed by atoms with Crippen molar-refractivity contribution in [3.05, 3.63) is 45.4 Å². The Hall–Kier alpha value is -2.41. The second kappa shape index (κ2) is 9.68. The van der Waals surface area contributed by atoms with E-state index in [1.807, 2.05) is 38.1 Å². The van der Waals surface area contributed by atoms with Gasteiger partial charge in [0.05, 0.1) is 18.8 Å². The van der Waals surface area contributed by atoms with Crippen LogP contribution < -0.4 is 16.0 Å². The lowest BCUT2D eigenvalue weighted by Crippen LogP contribution is -2.36. The van der Waals surface area contributed by atoms with Gasteiger partial charge in [0.15, 0.2) is 5.96 Å². The molecule has 2 aromatic rings. The number of hydrogen-bond donors (Lipinski definition) is 3. The van der Waals surface area contributed by atoms with Crippen molar-refractivity contribution in [2.75, 3.05) is 11.9 Å². The molecule has 3 N–H and O–H groups in total. The number of rotatable bonds is 7. The number of hydrogen-bond acceptors (Lipinski definition) is 4. The van der Waals surface area contributed by atoms with E-state index in [1.54, 1.807) is 11.3 Å². The summed E-state index contributed by atoms with van der Waals surface area (Å²) in [6, 6.07) is 7.92. The van der Waals surface area contributed by atoms with E-state index in [4.69, 9.17) is 0 Å². The number of aryl methyl sites for hydroxylation is 2. The van der Waals surface area contributed by atoms with Gasteiger partial charge in [0.25, 0.3) is 0 Å². The number of nitrogens with one attached hydrogen (secondary N) is 3. The Kier molecular flexibility index (Phi) is 7.03. The fourth-order valence-electron chi connectivity index (χ4n) is 2.95. The maximum atomic E-state index is 12.1. The number of anilines is 1. The van der Waals surface area contributed by atoms with E-state index in [0.717, 1.165) is 53.7 Å². The molecule has 1 aromatic heterocycles. The molecule has 0 saturated heterocycles. The highest BCUT2D eigenvalue weighted by Gasteiger charge is 2.25. The molecular weight excluding hydrogens is 370 g/mol. The fraction of sp³-hybridized carbons (Fsp3) is 0.476. The average Bonchev–Trinajstić information content (AvgIpc) is 2.94. The first kappa shape index (κ1) is 20.3. The Balaban J connectivity index is 1.58. The zero-order valence-electron chi connectivity index (χ0n) is 16.8. The van der Waals surface area contributed by atoms with Crippen molar-refractivity contribution in [1.29, 1.82) is 0 Å². The number of carbonyl (C=O) groups is 1. The summed E-state index contributed by atoms with van der Waals surface area (Å²) in [7, 11) is 0. The normalized spacial score (nSPS) is 14.5. The minimum atomic E-state index is 0.135. The van der Waals surface area contributed by atoms with E-state index in [9.17, 15) is 4.79 Å². The molecule has 1 saturated carbocycles. The van der Waals surface area contributed by atoms with Gasteiger partial charge in [0, 0.05) is 23.0 Å². The zero-order chi connectivity index (χ0) is 19.9. The highest BCUT2D eigenvalue weighted by Crippen LogP contribution is 2.27. The van der Waals surface area contributed by atoms with E-state index in [0.29, 0.717) is 13.1 Å². The summed E-state index contributed by atoms with van der Waals surface area (Å²) >= 11 is 1.71. The number of aliphatic imine (C=N–C) groups is 1. The van der Waals surface area contributed by atoms with Gasteiger partial charge in [-0.3, -0.25) is 4.79 Å². The van der Waals surface area contributed by atoms with Crippen molar-refractivity contribution in [1.82, 2.24) is 15.6 Å². The average molecular weight is 400 g/mol. The summed E-state index contributed by atoms with van der Waals surface area (Å²) in [5, 5.41) is 10.7. The Morgan fingerprint density at radius 1 is 1.29 bits per heavy atom. The van der Waals surface area contributed by atoms with Crippen LogP contribution in [-0.2, 0) is 17.9 Å². The Bertz CT molecular complexity index is 822. The molecule has 0 bridgehead atoms. The predicted octanol–water partition coefficient (Wildman–Crippen LogP) is 3.75. The molecule has 28 heavy (non-hydrogen) atoms. The molecule has 0 atom stereocenters. The summed E-state index contributed by atoms with van der Waals surface area (Å²) in [5.74, 6) is 1.08. The summed E-state index contributed by atoms with van der Waals surface area (Å²) in [6.45, 7) is 8.16. The van der Waals surface area contributed by atoms with Crippen LogP contribution in [-0.4, -0.2) is 23.4 Å². The van der Waals surface area contributed by atoms with Gasteiger partial charge in [-0.25, -0.2) is 9.98 Å². The maximum Gasteiger partial charge on any atom is 0.227 e. The zero-order valence-corrected chi connectivity index (χ0v) is 17.7. The molecule has 1 amide bonds. The van der Waals surface area contributed by atoms with Gasteiger partial charge in [-0.1, -0.05) is 18.6 Å². The first-order chi connectivity index (χ1) is 13.5. The highest BCUT2D eigenvalue weighted by atomic mass is 32.1. The largest absolute Gasteiger partial charge is 0.357 e. The number of guanidine groups is 1. The van der Waals surface area contributed by atoms with Crippen LogP contribution in [0, 0.1) is 19.8 Å². The number of benzene rings is 1. The fourth-order valence-corrected chi connectivity index (χ4v) is 3.82. The molecule has 0 radical (unpaired) electrons. The van der Waals surface area contributed by atoms with Crippen LogP contribution in [0.5, 0.6) is 0 Å². The van der Waals surface area contributed by atoms with Crippen LogP contribution >= 0.6 is 11.3 Å². The van der Waals surface area contributed by atoms with Crippen LogP contribution in [0.2, 0.25) is 0 Å². The number of thiazole rings is 1. The molecule has 1 aliphatic carbocycles. The van der Waals surface area contributed by atoms with E-state index in [1.165, 1.54) is 4.88 Å². The van der Waals surface area contributed by atoms with Crippen molar-refractivity contribution < 1.29 is 4.79 Å². The minimum absolute atomic E-state index is 0.135. The van der Waals surface area contributed by atoms with Crippen LogP contribution in [0.15, 0.2) is 29.3 Å². The van der Waals surface area contributed by atoms with E-state index >= 15 is 0 Å². The van der Waals surface area contributed by atoms with Gasteiger partial charge < -0.3 is 16.0 Å². The second-order valence-corrected chi connectivity index (χ2v) is 8.40. The number of carbonyl (C=O) groups excluding carboxylic acids is 1. The second-order valence-electron chi connectivity index (χ2n) is 7.12. The summed E-state index contributed by atoms with van der Waals surface area (Å²) in [5.41, 5.74) is 2.99. The monoisotopic (exact) mass is 399 g/mol. The van der Waals surface area contributed by atoms with Crippen LogP contribution in [0.3, 0.4) is 0 Å². The molecule has 1 heterocycles. The summed E-state index contributed by atoms with van der Waals surface area (Å²) < 4.78 is 0. The molecule has 0 aliphatic heterocycles. The van der Waals surface area contributed by atoms with E-state index in [-0.39, 0.29) is 11.8 Å². The number of aromatic nitrogens is 1. The van der Waals surface area contributed by atoms with Gasteiger partial charge in [-0.15, -0.1) is 11.3 Å². The first-order valence-corrected chi connectivity index (χ1v) is 10.7. The van der Waals surface area contributed by atoms with Gasteiger partial charge in [0.1, 0.15) is 5.01 Å². The Labute approximate surface area is 170 Å². The third-order valence-electron chi connectivity index (χ3n) is 4.91. The summed E-state index contributed by atoms with van der Waals surface area (Å²) in [6.07, 6.45) is 3.17. The smallest absolute Gasteiger partial charge is 0.227 e. The van der Waals surface area contributed by atoms with Gasteiger partial charge in [-0.05, 0) is 51.3 Å². The maximum absolute atomic E-state index is 12.1. The van der Waals surface area contributed by atoms with Gasteiger partial charge in [0.2, 0.25) is 5.91 Å². The molecule has 0 spiro atoms. The molecule has 1 aliphatic rings. The van der Waals surface area contributed by atoms with Crippen molar-refractivity contribution in [2.24, 2.45) is 10.9 Å². The molecular formula is C21H29N5OS. The summed E-state index contributed by atoms with van der Waals surface area (Å²) in [4.78, 5) is 22.6. The van der Waals surface area contributed by atoms with E-state index in [2.05, 4.69) is 32.9 Å². The van der Waals surface area contributed by atoms with Crippen LogP contribution in [0.25, 0.3) is 0 Å². The van der Waals surface area contributed by atoms with Crippen molar-refractivity contribution in [2.45, 2.75) is 53.1 Å². The van der Waals surface area contributed by atoms with Crippen LogP contribution in [0.1, 0.15) is 47.3 Å². The molecule has 1 aromatic carbocycles. The standard InChI is InChI=1S/C21H29N5OS/c1-4-22-21(24-13-19-25-14(2)15(3)28-19)23-12-16-7-5-10-18(11-16)26-20(27)17-8-6-9-17/h5,7,10-11,17H,4,6,8-9,12-13H2,1-3H3,(H,26,27)(H2,22,23,24). The lowest BCUT2D eigenvalue weighted by atomic mass is 9.85. The van der Waals surface area contributed by atoms with E-state index < -0.39 is 0 Å². The minimum Gasteiger partial charge on any atom is -0.357 e.